The molecule has 1 N–H and O–H groups in total. The summed E-state index contributed by atoms with van der Waals surface area (Å²) in [5.41, 5.74) is 3.09. The maximum atomic E-state index is 13.9. The zero-order valence-corrected chi connectivity index (χ0v) is 22.7. The van der Waals surface area contributed by atoms with E-state index in [0.717, 1.165) is 40.3 Å². The first-order valence-electron chi connectivity index (χ1n) is 13.4. The van der Waals surface area contributed by atoms with E-state index in [2.05, 4.69) is 36.5 Å². The van der Waals surface area contributed by atoms with E-state index in [1.165, 1.54) is 0 Å². The van der Waals surface area contributed by atoms with Crippen LogP contribution in [-0.4, -0.2) is 29.3 Å². The van der Waals surface area contributed by atoms with Gasteiger partial charge in [-0.1, -0.05) is 110 Å². The van der Waals surface area contributed by atoms with Crippen molar-refractivity contribution in [3.8, 4) is 0 Å². The molecule has 4 nitrogen and oxygen atoms in total. The van der Waals surface area contributed by atoms with Gasteiger partial charge in [0.25, 0.3) is 0 Å². The Kier molecular flexibility index (Phi) is 9.94. The van der Waals surface area contributed by atoms with Gasteiger partial charge in [-0.15, -0.1) is 0 Å². The third-order valence-corrected chi connectivity index (χ3v) is 7.11. The standard InChI is InChI=1S/C33H35ClN2O2/c1-2-3-22-35-33(38)31(23-25-10-5-4-6-11-25)36(24-26-16-19-29(34)20-17-26)32(37)21-18-28-14-9-13-27-12-7-8-15-30(27)28/h4-17,19-20,31H,2-3,18,21-24H2,1H3,(H,35,38). The molecule has 0 aliphatic rings. The molecule has 0 saturated heterocycles. The molecular weight excluding hydrogens is 492 g/mol. The van der Waals surface area contributed by atoms with Crippen molar-refractivity contribution in [1.82, 2.24) is 10.2 Å². The average Bonchev–Trinajstić information content (AvgIpc) is 2.95. The summed E-state index contributed by atoms with van der Waals surface area (Å²) in [7, 11) is 0. The first-order valence-corrected chi connectivity index (χ1v) is 13.7. The molecule has 196 valence electrons. The molecule has 4 rings (SSSR count). The summed E-state index contributed by atoms with van der Waals surface area (Å²) in [5.74, 6) is -0.158. The highest BCUT2D eigenvalue weighted by Gasteiger charge is 2.30. The van der Waals surface area contributed by atoms with Crippen LogP contribution in [0.15, 0.2) is 97.1 Å². The van der Waals surface area contributed by atoms with Gasteiger partial charge < -0.3 is 10.2 Å². The molecule has 2 amide bonds. The lowest BCUT2D eigenvalue weighted by atomic mass is 9.99. The third-order valence-electron chi connectivity index (χ3n) is 6.85. The van der Waals surface area contributed by atoms with Crippen LogP contribution in [0, 0.1) is 0 Å². The molecule has 0 radical (unpaired) electrons. The predicted molar refractivity (Wildman–Crippen MR) is 156 cm³/mol. The van der Waals surface area contributed by atoms with E-state index < -0.39 is 6.04 Å². The molecule has 1 unspecified atom stereocenters. The SMILES string of the molecule is CCCCNC(=O)C(Cc1ccccc1)N(Cc1ccc(Cl)cc1)C(=O)CCc1cccc2ccccc12. The van der Waals surface area contributed by atoms with Crippen molar-refractivity contribution >= 4 is 34.2 Å². The molecular formula is C33H35ClN2O2. The van der Waals surface area contributed by atoms with E-state index in [4.69, 9.17) is 11.6 Å². The highest BCUT2D eigenvalue weighted by atomic mass is 35.5. The average molecular weight is 527 g/mol. The molecule has 0 bridgehead atoms. The summed E-state index contributed by atoms with van der Waals surface area (Å²) in [6.07, 6.45) is 3.26. The fourth-order valence-electron chi connectivity index (χ4n) is 4.74. The lowest BCUT2D eigenvalue weighted by Crippen LogP contribution is -2.50. The fourth-order valence-corrected chi connectivity index (χ4v) is 4.87. The van der Waals surface area contributed by atoms with Crippen LogP contribution in [0.4, 0.5) is 0 Å². The van der Waals surface area contributed by atoms with Crippen LogP contribution < -0.4 is 5.32 Å². The van der Waals surface area contributed by atoms with Crippen molar-refractivity contribution in [2.24, 2.45) is 0 Å². The minimum atomic E-state index is -0.620. The molecule has 0 aliphatic heterocycles. The van der Waals surface area contributed by atoms with Gasteiger partial charge in [-0.25, -0.2) is 0 Å². The number of aryl methyl sites for hydroxylation is 1. The second kappa shape index (κ2) is 13.8. The quantitative estimate of drug-likeness (QED) is 0.202. The van der Waals surface area contributed by atoms with Crippen LogP contribution in [0.2, 0.25) is 5.02 Å². The zero-order chi connectivity index (χ0) is 26.7. The summed E-state index contributed by atoms with van der Waals surface area (Å²) in [6.45, 7) is 3.03. The van der Waals surface area contributed by atoms with Gasteiger partial charge in [0, 0.05) is 31.0 Å². The van der Waals surface area contributed by atoms with Crippen molar-refractivity contribution in [3.05, 3.63) is 119 Å². The largest absolute Gasteiger partial charge is 0.354 e. The summed E-state index contributed by atoms with van der Waals surface area (Å²) >= 11 is 6.12. The lowest BCUT2D eigenvalue weighted by molar-refractivity contribution is -0.141. The Labute approximate surface area is 230 Å². The number of hydrogen-bond donors (Lipinski definition) is 1. The van der Waals surface area contributed by atoms with Gasteiger partial charge in [0.05, 0.1) is 0 Å². The van der Waals surface area contributed by atoms with E-state index in [9.17, 15) is 9.59 Å². The Morgan fingerprint density at radius 1 is 0.842 bits per heavy atom. The predicted octanol–water partition coefficient (Wildman–Crippen LogP) is 6.98. The van der Waals surface area contributed by atoms with Crippen molar-refractivity contribution in [3.63, 3.8) is 0 Å². The number of amides is 2. The zero-order valence-electron chi connectivity index (χ0n) is 21.9. The van der Waals surface area contributed by atoms with E-state index in [-0.39, 0.29) is 11.8 Å². The van der Waals surface area contributed by atoms with E-state index in [1.807, 2.05) is 72.8 Å². The lowest BCUT2D eigenvalue weighted by Gasteiger charge is -2.32. The number of benzene rings is 4. The molecule has 0 spiro atoms. The summed E-state index contributed by atoms with van der Waals surface area (Å²) < 4.78 is 0. The van der Waals surface area contributed by atoms with Crippen LogP contribution in [-0.2, 0) is 29.0 Å². The Morgan fingerprint density at radius 3 is 2.32 bits per heavy atom. The van der Waals surface area contributed by atoms with Crippen LogP contribution >= 0.6 is 11.6 Å². The second-order valence-electron chi connectivity index (χ2n) is 9.64. The number of rotatable bonds is 12. The van der Waals surface area contributed by atoms with Gasteiger partial charge in [0.2, 0.25) is 11.8 Å². The van der Waals surface area contributed by atoms with Crippen molar-refractivity contribution in [2.75, 3.05) is 6.54 Å². The van der Waals surface area contributed by atoms with Gasteiger partial charge in [-0.3, -0.25) is 9.59 Å². The molecule has 38 heavy (non-hydrogen) atoms. The smallest absolute Gasteiger partial charge is 0.243 e. The van der Waals surface area contributed by atoms with Crippen molar-refractivity contribution in [2.45, 2.75) is 51.6 Å². The van der Waals surface area contributed by atoms with E-state index in [0.29, 0.717) is 37.4 Å². The highest BCUT2D eigenvalue weighted by molar-refractivity contribution is 6.30. The summed E-state index contributed by atoms with van der Waals surface area (Å²) in [5, 5.41) is 6.04. The fraction of sp³-hybridized carbons (Fsp3) is 0.273. The maximum Gasteiger partial charge on any atom is 0.243 e. The molecule has 4 aromatic rings. The highest BCUT2D eigenvalue weighted by Crippen LogP contribution is 2.22. The number of unbranched alkanes of at least 4 members (excludes halogenated alkanes) is 1. The Bertz CT molecular complexity index is 1330. The molecule has 0 heterocycles. The van der Waals surface area contributed by atoms with Gasteiger partial charge in [0.15, 0.2) is 0 Å². The first kappa shape index (κ1) is 27.4. The topological polar surface area (TPSA) is 49.4 Å². The van der Waals surface area contributed by atoms with Gasteiger partial charge in [0.1, 0.15) is 6.04 Å². The molecule has 4 aromatic carbocycles. The molecule has 0 aromatic heterocycles. The second-order valence-corrected chi connectivity index (χ2v) is 10.1. The number of nitrogens with one attached hydrogen (secondary N) is 1. The molecule has 1 atom stereocenters. The molecule has 0 aliphatic carbocycles. The van der Waals surface area contributed by atoms with Crippen LogP contribution in [0.25, 0.3) is 10.8 Å². The number of halogens is 1. The molecule has 5 heteroatoms. The number of nitrogens with zero attached hydrogens (tertiary/aromatic N) is 1. The van der Waals surface area contributed by atoms with Crippen molar-refractivity contribution in [1.29, 1.82) is 0 Å². The normalized spacial score (nSPS) is 11.7. The number of hydrogen-bond acceptors (Lipinski definition) is 2. The van der Waals surface area contributed by atoms with Crippen LogP contribution in [0.3, 0.4) is 0 Å². The number of carbonyl (C=O) groups is 2. The summed E-state index contributed by atoms with van der Waals surface area (Å²) in [4.78, 5) is 29.2. The molecule has 0 saturated carbocycles. The van der Waals surface area contributed by atoms with E-state index >= 15 is 0 Å². The Balaban J connectivity index is 1.62. The van der Waals surface area contributed by atoms with Gasteiger partial charge in [-0.05, 0) is 52.4 Å². The van der Waals surface area contributed by atoms with Gasteiger partial charge >= 0.3 is 0 Å². The minimum absolute atomic E-state index is 0.0422. The number of carbonyl (C=O) groups excluding carboxylic acids is 2. The maximum absolute atomic E-state index is 13.9. The monoisotopic (exact) mass is 526 g/mol. The Morgan fingerprint density at radius 2 is 1.55 bits per heavy atom. The van der Waals surface area contributed by atoms with Crippen LogP contribution in [0.5, 0.6) is 0 Å². The van der Waals surface area contributed by atoms with Crippen molar-refractivity contribution < 1.29 is 9.59 Å². The van der Waals surface area contributed by atoms with Crippen LogP contribution in [0.1, 0.15) is 42.9 Å². The minimum Gasteiger partial charge on any atom is -0.354 e. The molecule has 0 fully saturated rings. The number of fused-ring (bicyclic) bond motifs is 1. The third kappa shape index (κ3) is 7.45. The van der Waals surface area contributed by atoms with Gasteiger partial charge in [-0.2, -0.15) is 0 Å². The van der Waals surface area contributed by atoms with E-state index in [1.54, 1.807) is 4.90 Å². The first-order chi connectivity index (χ1) is 18.5. The Hall–Kier alpha value is -3.63. The summed E-state index contributed by atoms with van der Waals surface area (Å²) in [6, 6.07) is 31.2.